The molecule has 1 aliphatic heterocycles. The first-order valence-electron chi connectivity index (χ1n) is 8.29. The molecule has 0 bridgehead atoms. The first-order valence-corrected chi connectivity index (χ1v) is 9.04. The van der Waals surface area contributed by atoms with Crippen LogP contribution in [0.3, 0.4) is 0 Å². The molecule has 0 radical (unpaired) electrons. The van der Waals surface area contributed by atoms with E-state index in [9.17, 15) is 24.5 Å². The normalized spacial score (nSPS) is 12.7. The molecule has 2 aromatic carbocycles. The van der Waals surface area contributed by atoms with Crippen LogP contribution in [0.4, 0.5) is 11.4 Å². The van der Waals surface area contributed by atoms with Crippen molar-refractivity contribution in [3.63, 3.8) is 0 Å². The number of amides is 3. The number of imide groups is 1. The van der Waals surface area contributed by atoms with Crippen molar-refractivity contribution in [2.45, 2.75) is 6.92 Å². The summed E-state index contributed by atoms with van der Waals surface area (Å²) in [5.74, 6) is -1.94. The Labute approximate surface area is 174 Å². The Hall–Kier alpha value is -3.17. The minimum atomic E-state index is -0.788. The van der Waals surface area contributed by atoms with Crippen LogP contribution in [0.5, 0.6) is 5.75 Å². The zero-order valence-electron chi connectivity index (χ0n) is 14.9. The fourth-order valence-corrected chi connectivity index (χ4v) is 3.11. The molecule has 0 fully saturated rings. The monoisotopic (exact) mass is 437 g/mol. The summed E-state index contributed by atoms with van der Waals surface area (Å²) in [7, 11) is 0. The van der Waals surface area contributed by atoms with Crippen LogP contribution in [0.25, 0.3) is 0 Å². The van der Waals surface area contributed by atoms with Crippen molar-refractivity contribution in [1.82, 2.24) is 4.90 Å². The number of carbonyl (C=O) groups excluding carboxylic acids is 3. The molecule has 2 aromatic rings. The summed E-state index contributed by atoms with van der Waals surface area (Å²) in [6.45, 7) is 1.41. The Morgan fingerprint density at radius 3 is 2.24 bits per heavy atom. The molecule has 0 aliphatic carbocycles. The molecular weight excluding hydrogens is 425 g/mol. The second-order valence-corrected chi connectivity index (χ2v) is 6.74. The predicted octanol–water partition coefficient (Wildman–Crippen LogP) is 3.54. The number of nitro benzene ring substituents is 1. The number of rotatable bonds is 6. The zero-order valence-corrected chi connectivity index (χ0v) is 16.4. The first kappa shape index (κ1) is 20.6. The van der Waals surface area contributed by atoms with Crippen molar-refractivity contribution >= 4 is 52.3 Å². The minimum absolute atomic E-state index is 0.0317. The van der Waals surface area contributed by atoms with Gasteiger partial charge in [0.05, 0.1) is 38.8 Å². The summed E-state index contributed by atoms with van der Waals surface area (Å²) in [6, 6.07) is 6.45. The third-order valence-corrected chi connectivity index (χ3v) is 4.79. The van der Waals surface area contributed by atoms with Gasteiger partial charge in [0.15, 0.2) is 0 Å². The Morgan fingerprint density at radius 1 is 1.14 bits per heavy atom. The van der Waals surface area contributed by atoms with Crippen molar-refractivity contribution in [3.05, 3.63) is 61.6 Å². The highest BCUT2D eigenvalue weighted by atomic mass is 35.5. The van der Waals surface area contributed by atoms with Crippen LogP contribution < -0.4 is 10.1 Å². The van der Waals surface area contributed by atoms with Crippen LogP contribution in [-0.2, 0) is 4.79 Å². The maximum atomic E-state index is 12.4. The Morgan fingerprint density at radius 2 is 1.72 bits per heavy atom. The average molecular weight is 438 g/mol. The van der Waals surface area contributed by atoms with E-state index in [-0.39, 0.29) is 38.3 Å². The molecular formula is C18H13Cl2N3O6. The van der Waals surface area contributed by atoms with Gasteiger partial charge in [0.25, 0.3) is 17.5 Å². The molecule has 0 saturated heterocycles. The highest BCUT2D eigenvalue weighted by Gasteiger charge is 2.37. The average Bonchev–Trinajstić information content (AvgIpc) is 2.88. The van der Waals surface area contributed by atoms with Crippen molar-refractivity contribution in [2.75, 3.05) is 18.5 Å². The molecule has 1 heterocycles. The lowest BCUT2D eigenvalue weighted by molar-refractivity contribution is -0.384. The van der Waals surface area contributed by atoms with Gasteiger partial charge in [-0.15, -0.1) is 0 Å². The maximum Gasteiger partial charge on any atom is 0.296 e. The van der Waals surface area contributed by atoms with E-state index < -0.39 is 29.2 Å². The Balaban J connectivity index is 1.79. The number of fused-ring (bicyclic) bond motifs is 1. The van der Waals surface area contributed by atoms with Gasteiger partial charge in [0, 0.05) is 0 Å². The van der Waals surface area contributed by atoms with E-state index in [2.05, 4.69) is 5.32 Å². The number of hydrogen-bond donors (Lipinski definition) is 1. The highest BCUT2D eigenvalue weighted by molar-refractivity contribution is 6.43. The molecule has 29 heavy (non-hydrogen) atoms. The van der Waals surface area contributed by atoms with Gasteiger partial charge in [0.2, 0.25) is 5.91 Å². The van der Waals surface area contributed by atoms with Gasteiger partial charge in [0.1, 0.15) is 18.0 Å². The van der Waals surface area contributed by atoms with Crippen molar-refractivity contribution in [2.24, 2.45) is 0 Å². The quantitative estimate of drug-likeness (QED) is 0.419. The fourth-order valence-electron chi connectivity index (χ4n) is 2.79. The summed E-state index contributed by atoms with van der Waals surface area (Å²) in [4.78, 5) is 48.6. The van der Waals surface area contributed by atoms with E-state index in [1.54, 1.807) is 6.92 Å². The number of halogens is 2. The molecule has 3 amide bonds. The van der Waals surface area contributed by atoms with Gasteiger partial charge in [-0.3, -0.25) is 29.4 Å². The van der Waals surface area contributed by atoms with Crippen LogP contribution >= 0.6 is 23.2 Å². The molecule has 0 unspecified atom stereocenters. The standard InChI is InChI=1S/C18H13Cl2N3O6/c1-2-29-9-3-4-14(15(5-9)23(27)28)21-16(24)8-22-17(25)10-6-12(19)13(20)7-11(10)18(22)26/h3-7H,2,8H2,1H3,(H,21,24). The number of nitro groups is 1. The van der Waals surface area contributed by atoms with Gasteiger partial charge in [-0.1, -0.05) is 23.2 Å². The van der Waals surface area contributed by atoms with Gasteiger partial charge in [-0.05, 0) is 31.2 Å². The highest BCUT2D eigenvalue weighted by Crippen LogP contribution is 2.32. The molecule has 0 aromatic heterocycles. The number of benzene rings is 2. The number of ether oxygens (including phenoxy) is 1. The molecule has 150 valence electrons. The van der Waals surface area contributed by atoms with Gasteiger partial charge in [-0.2, -0.15) is 0 Å². The molecule has 0 atom stereocenters. The van der Waals surface area contributed by atoms with Crippen LogP contribution in [0, 0.1) is 10.1 Å². The lowest BCUT2D eigenvalue weighted by atomic mass is 10.1. The Kier molecular flexibility index (Phi) is 5.71. The molecule has 0 saturated carbocycles. The SMILES string of the molecule is CCOc1ccc(NC(=O)CN2C(=O)c3cc(Cl)c(Cl)cc3C2=O)c([N+](=O)[O-])c1. The summed E-state index contributed by atoms with van der Waals surface area (Å²) in [5, 5.41) is 13.8. The Bertz CT molecular complexity index is 1020. The van der Waals surface area contributed by atoms with E-state index in [0.717, 1.165) is 0 Å². The summed E-state index contributed by atoms with van der Waals surface area (Å²) < 4.78 is 5.21. The topological polar surface area (TPSA) is 119 Å². The lowest BCUT2D eigenvalue weighted by Gasteiger charge is -2.14. The van der Waals surface area contributed by atoms with E-state index in [4.69, 9.17) is 27.9 Å². The summed E-state index contributed by atoms with van der Waals surface area (Å²) in [5.41, 5.74) is -0.412. The third-order valence-electron chi connectivity index (χ3n) is 4.06. The first-order chi connectivity index (χ1) is 13.7. The number of carbonyl (C=O) groups is 3. The molecule has 3 rings (SSSR count). The largest absolute Gasteiger partial charge is 0.494 e. The predicted molar refractivity (Wildman–Crippen MR) is 105 cm³/mol. The van der Waals surface area contributed by atoms with Crippen molar-refractivity contribution < 1.29 is 24.0 Å². The smallest absolute Gasteiger partial charge is 0.296 e. The maximum absolute atomic E-state index is 12.4. The van der Waals surface area contributed by atoms with Crippen LogP contribution in [0.2, 0.25) is 10.0 Å². The van der Waals surface area contributed by atoms with E-state index >= 15 is 0 Å². The molecule has 0 spiro atoms. The van der Waals surface area contributed by atoms with Crippen molar-refractivity contribution in [1.29, 1.82) is 0 Å². The lowest BCUT2D eigenvalue weighted by Crippen LogP contribution is -2.37. The number of nitrogens with zero attached hydrogens (tertiary/aromatic N) is 2. The van der Waals surface area contributed by atoms with Crippen LogP contribution in [0.1, 0.15) is 27.6 Å². The third kappa shape index (κ3) is 4.01. The number of nitrogens with one attached hydrogen (secondary N) is 1. The van der Waals surface area contributed by atoms with Crippen LogP contribution in [0.15, 0.2) is 30.3 Å². The van der Waals surface area contributed by atoms with Gasteiger partial charge >= 0.3 is 0 Å². The number of hydrogen-bond acceptors (Lipinski definition) is 6. The second-order valence-electron chi connectivity index (χ2n) is 5.93. The fraction of sp³-hybridized carbons (Fsp3) is 0.167. The second kappa shape index (κ2) is 8.06. The van der Waals surface area contributed by atoms with Crippen LogP contribution in [-0.4, -0.2) is 40.7 Å². The zero-order chi connectivity index (χ0) is 21.3. The van der Waals surface area contributed by atoms with E-state index in [1.807, 2.05) is 0 Å². The minimum Gasteiger partial charge on any atom is -0.494 e. The molecule has 11 heteroatoms. The number of anilines is 1. The molecule has 1 aliphatic rings. The van der Waals surface area contributed by atoms with E-state index in [1.165, 1.54) is 30.3 Å². The van der Waals surface area contributed by atoms with E-state index in [0.29, 0.717) is 11.5 Å². The van der Waals surface area contributed by atoms with Gasteiger partial charge in [-0.25, -0.2) is 0 Å². The molecule has 1 N–H and O–H groups in total. The van der Waals surface area contributed by atoms with Gasteiger partial charge < -0.3 is 10.1 Å². The van der Waals surface area contributed by atoms with Crippen molar-refractivity contribution in [3.8, 4) is 5.75 Å². The summed E-state index contributed by atoms with van der Waals surface area (Å²) >= 11 is 11.8. The summed E-state index contributed by atoms with van der Waals surface area (Å²) in [6.07, 6.45) is 0. The molecule has 9 nitrogen and oxygen atoms in total.